The topological polar surface area (TPSA) is 59.3 Å². The molecule has 1 aromatic carbocycles. The first kappa shape index (κ1) is 11.4. The molecule has 0 radical (unpaired) electrons. The van der Waals surface area contributed by atoms with Crippen LogP contribution in [0.5, 0.6) is 0 Å². The van der Waals surface area contributed by atoms with Crippen LogP contribution in [0.15, 0.2) is 42.6 Å². The molecule has 5 heteroatoms. The zero-order valence-electron chi connectivity index (χ0n) is 10.4. The van der Waals surface area contributed by atoms with Gasteiger partial charge in [0.1, 0.15) is 5.82 Å². The summed E-state index contributed by atoms with van der Waals surface area (Å²) in [7, 11) is 0. The van der Waals surface area contributed by atoms with Crippen molar-refractivity contribution in [2.45, 2.75) is 6.92 Å². The third kappa shape index (κ3) is 2.06. The molecule has 3 rings (SSSR count). The summed E-state index contributed by atoms with van der Waals surface area (Å²) >= 11 is 0. The van der Waals surface area contributed by atoms with Crippen LogP contribution in [0.4, 0.5) is 5.82 Å². The van der Waals surface area contributed by atoms with E-state index in [-0.39, 0.29) is 0 Å². The van der Waals surface area contributed by atoms with E-state index in [9.17, 15) is 4.79 Å². The lowest BCUT2D eigenvalue weighted by Crippen LogP contribution is -2.02. The average Bonchev–Trinajstić information content (AvgIpc) is 2.86. The Kier molecular flexibility index (Phi) is 2.72. The highest BCUT2D eigenvalue weighted by Gasteiger charge is 2.08. The van der Waals surface area contributed by atoms with Crippen LogP contribution < -0.4 is 5.32 Å². The normalized spacial score (nSPS) is 10.6. The van der Waals surface area contributed by atoms with Crippen LogP contribution in [-0.4, -0.2) is 21.0 Å². The van der Waals surface area contributed by atoms with E-state index in [0.717, 1.165) is 11.3 Å². The SMILES string of the molecule is Cc1cccc(-c2cc(NC=O)nc3ccnn23)c1. The summed E-state index contributed by atoms with van der Waals surface area (Å²) in [4.78, 5) is 14.9. The van der Waals surface area contributed by atoms with Crippen LogP contribution >= 0.6 is 0 Å². The quantitative estimate of drug-likeness (QED) is 0.727. The lowest BCUT2D eigenvalue weighted by molar-refractivity contribution is -0.105. The number of aromatic nitrogens is 3. The molecule has 0 aliphatic heterocycles. The summed E-state index contributed by atoms with van der Waals surface area (Å²) in [6.45, 7) is 2.04. The first-order chi connectivity index (χ1) is 9.28. The first-order valence-electron chi connectivity index (χ1n) is 5.90. The van der Waals surface area contributed by atoms with Crippen molar-refractivity contribution in [3.8, 4) is 11.3 Å². The second-order valence-electron chi connectivity index (χ2n) is 4.26. The number of carbonyl (C=O) groups excluding carboxylic acids is 1. The fourth-order valence-corrected chi connectivity index (χ4v) is 2.06. The van der Waals surface area contributed by atoms with E-state index in [1.165, 1.54) is 5.56 Å². The molecule has 94 valence electrons. The van der Waals surface area contributed by atoms with Gasteiger partial charge in [0.25, 0.3) is 0 Å². The van der Waals surface area contributed by atoms with Crippen molar-refractivity contribution in [1.82, 2.24) is 14.6 Å². The molecule has 0 saturated carbocycles. The van der Waals surface area contributed by atoms with E-state index in [1.54, 1.807) is 16.8 Å². The van der Waals surface area contributed by atoms with E-state index >= 15 is 0 Å². The number of nitrogens with one attached hydrogen (secondary N) is 1. The molecule has 1 amide bonds. The highest BCUT2D eigenvalue weighted by atomic mass is 16.1. The molecule has 2 aromatic heterocycles. The van der Waals surface area contributed by atoms with Gasteiger partial charge < -0.3 is 5.32 Å². The van der Waals surface area contributed by atoms with Crippen molar-refractivity contribution in [3.05, 3.63) is 48.2 Å². The van der Waals surface area contributed by atoms with E-state index in [0.29, 0.717) is 17.9 Å². The molecule has 19 heavy (non-hydrogen) atoms. The third-order valence-corrected chi connectivity index (χ3v) is 2.88. The van der Waals surface area contributed by atoms with Gasteiger partial charge in [-0.15, -0.1) is 0 Å². The number of rotatable bonds is 3. The fourth-order valence-electron chi connectivity index (χ4n) is 2.06. The Morgan fingerprint density at radius 1 is 1.26 bits per heavy atom. The molecular formula is C14H12N4O. The van der Waals surface area contributed by atoms with Crippen molar-refractivity contribution in [3.63, 3.8) is 0 Å². The standard InChI is InChI=1S/C14H12N4O/c1-10-3-2-4-11(7-10)12-8-13(15-9-19)17-14-5-6-16-18(12)14/h2-9H,1H3,(H,15,17,19). The van der Waals surface area contributed by atoms with Gasteiger partial charge in [0.05, 0.1) is 11.9 Å². The Hall–Kier alpha value is -2.69. The van der Waals surface area contributed by atoms with Gasteiger partial charge in [0.2, 0.25) is 6.41 Å². The number of nitrogens with zero attached hydrogens (tertiary/aromatic N) is 3. The fraction of sp³-hybridized carbons (Fsp3) is 0.0714. The zero-order chi connectivity index (χ0) is 13.2. The number of hydrogen-bond donors (Lipinski definition) is 1. The second kappa shape index (κ2) is 4.53. The Morgan fingerprint density at radius 3 is 2.95 bits per heavy atom. The highest BCUT2D eigenvalue weighted by Crippen LogP contribution is 2.23. The monoisotopic (exact) mass is 252 g/mol. The van der Waals surface area contributed by atoms with E-state index in [1.807, 2.05) is 31.2 Å². The first-order valence-corrected chi connectivity index (χ1v) is 5.90. The summed E-state index contributed by atoms with van der Waals surface area (Å²) in [5, 5.41) is 6.85. The van der Waals surface area contributed by atoms with Crippen molar-refractivity contribution in [2.24, 2.45) is 0 Å². The molecule has 2 heterocycles. The maximum atomic E-state index is 10.6. The van der Waals surface area contributed by atoms with Gasteiger partial charge in [0.15, 0.2) is 5.65 Å². The van der Waals surface area contributed by atoms with E-state index < -0.39 is 0 Å². The smallest absolute Gasteiger partial charge is 0.212 e. The van der Waals surface area contributed by atoms with Crippen molar-refractivity contribution >= 4 is 17.9 Å². The number of hydrogen-bond acceptors (Lipinski definition) is 3. The average molecular weight is 252 g/mol. The van der Waals surface area contributed by atoms with Crippen LogP contribution in [0.2, 0.25) is 0 Å². The summed E-state index contributed by atoms with van der Waals surface area (Å²) in [6.07, 6.45) is 2.31. The molecule has 3 aromatic rings. The maximum absolute atomic E-state index is 10.6. The van der Waals surface area contributed by atoms with Crippen molar-refractivity contribution < 1.29 is 4.79 Å². The van der Waals surface area contributed by atoms with Crippen LogP contribution in [0.25, 0.3) is 16.9 Å². The number of anilines is 1. The predicted octanol–water partition coefficient (Wildman–Crippen LogP) is 2.27. The summed E-state index contributed by atoms with van der Waals surface area (Å²) in [5.41, 5.74) is 3.79. The Balaban J connectivity index is 2.26. The second-order valence-corrected chi connectivity index (χ2v) is 4.26. The van der Waals surface area contributed by atoms with Gasteiger partial charge in [-0.25, -0.2) is 9.50 Å². The summed E-state index contributed by atoms with van der Waals surface area (Å²) in [6, 6.07) is 11.7. The predicted molar refractivity (Wildman–Crippen MR) is 72.8 cm³/mol. The number of fused-ring (bicyclic) bond motifs is 1. The van der Waals surface area contributed by atoms with Crippen LogP contribution in [0, 0.1) is 6.92 Å². The molecule has 1 N–H and O–H groups in total. The Bertz CT molecular complexity index is 748. The number of amides is 1. The third-order valence-electron chi connectivity index (χ3n) is 2.88. The minimum Gasteiger partial charge on any atom is -0.313 e. The van der Waals surface area contributed by atoms with E-state index in [4.69, 9.17) is 0 Å². The highest BCUT2D eigenvalue weighted by molar-refractivity contribution is 5.74. The Morgan fingerprint density at radius 2 is 2.16 bits per heavy atom. The minimum absolute atomic E-state index is 0.513. The number of carbonyl (C=O) groups is 1. The van der Waals surface area contributed by atoms with Gasteiger partial charge in [0, 0.05) is 17.7 Å². The molecule has 0 fully saturated rings. The van der Waals surface area contributed by atoms with Gasteiger partial charge in [-0.1, -0.05) is 23.8 Å². The van der Waals surface area contributed by atoms with E-state index in [2.05, 4.69) is 21.5 Å². The van der Waals surface area contributed by atoms with Crippen molar-refractivity contribution in [1.29, 1.82) is 0 Å². The number of benzene rings is 1. The largest absolute Gasteiger partial charge is 0.313 e. The van der Waals surface area contributed by atoms with Gasteiger partial charge >= 0.3 is 0 Å². The van der Waals surface area contributed by atoms with Crippen molar-refractivity contribution in [2.75, 3.05) is 5.32 Å². The molecule has 5 nitrogen and oxygen atoms in total. The van der Waals surface area contributed by atoms with Crippen LogP contribution in [0.3, 0.4) is 0 Å². The molecule has 0 aliphatic rings. The molecule has 0 spiro atoms. The zero-order valence-corrected chi connectivity index (χ0v) is 10.4. The molecule has 0 unspecified atom stereocenters. The Labute approximate surface area is 109 Å². The molecule has 0 saturated heterocycles. The maximum Gasteiger partial charge on any atom is 0.212 e. The summed E-state index contributed by atoms with van der Waals surface area (Å²) in [5.74, 6) is 0.513. The molecule has 0 aliphatic carbocycles. The van der Waals surface area contributed by atoms with Crippen LogP contribution in [-0.2, 0) is 4.79 Å². The number of aryl methyl sites for hydroxylation is 1. The summed E-state index contributed by atoms with van der Waals surface area (Å²) < 4.78 is 1.75. The van der Waals surface area contributed by atoms with Crippen LogP contribution in [0.1, 0.15) is 5.56 Å². The minimum atomic E-state index is 0.513. The molecular weight excluding hydrogens is 240 g/mol. The van der Waals surface area contributed by atoms with Gasteiger partial charge in [-0.2, -0.15) is 5.10 Å². The molecule has 0 bridgehead atoms. The van der Waals surface area contributed by atoms with Gasteiger partial charge in [-0.3, -0.25) is 4.79 Å². The molecule has 0 atom stereocenters. The van der Waals surface area contributed by atoms with Gasteiger partial charge in [-0.05, 0) is 13.0 Å². The lowest BCUT2D eigenvalue weighted by atomic mass is 10.1. The lowest BCUT2D eigenvalue weighted by Gasteiger charge is -2.08.